The van der Waals surface area contributed by atoms with Crippen LogP contribution >= 0.6 is 154 Å². The first-order valence-corrected chi connectivity index (χ1v) is 47.1. The van der Waals surface area contributed by atoms with Gasteiger partial charge in [0.1, 0.15) is 28.7 Å². The standard InChI is InChI=1S/C22H20ClN5OS.C14H14N4S.C11H10N2O2.C11H12N2.C8H7Cl2NO.C7H8N2O2.C6H6ClN.C5H11N3OS.C4H9NO.C2H2Cl2O.CH2Cl2.CH5N3S.CH2O3.2CH4.ClH.2K.H2.H/c1-13-8-11-19(21-16(13)10-9-14(2)24-21)28-15(3)26-27-22(28)30-12-20(29)25-18-7-5-4-6-17(18)23;1-8-4-7-12(18-10(3)16-17-14(18)19)13-11(8)6-5-9(2)15-13;1-7-3-6-10(13(14)15)11-9(7)5-4-8(2)12-11;1-7-3-6-10(12)11-9(7)5-4-8(2)13-11;9-5-8(12)11-7-4-2-1-3-6(7)10;1-5-2-3-7(9(10)11)6(8)4-5;7-5-3-1-2-4-6(5)8;1-3-9-4(2)7-8-5(6)10;1-3-6-4(2)5;3-1-2(4)5;2-1-3;2-1(5)4-3;2-1-4-3;;;;;;;/h4-11H,12H2,1-3H3,(H,25,29);4-7H,1-3H3,(H,17,19);3-6H,1-2H3;3-6H,12H2,1-2H3;1-4H,5H2,(H,11,12);2-4H,8H2,1H3;1-4H,8H2;3H2,1-2H3,(H3,6,8,10);5H,3H2,1-2H3;1H2;1H2;3H2,(H3,2,4,5);1,3H;2*1H4;1H;;;1H;/q;;;;;;;;;;;;;;;;2*+1;;-1/p-1/b;;;;;;;7-4-;;;;;;;;;;;;. The maximum Gasteiger partial charge on any atom is 1.00 e. The summed E-state index contributed by atoms with van der Waals surface area (Å²) < 4.78 is 14.0. The smallest absolute Gasteiger partial charge is 1.00 e. The van der Waals surface area contributed by atoms with E-state index in [1.54, 1.807) is 80.6 Å². The Morgan fingerprint density at radius 1 is 0.555 bits per heavy atom. The number of benzene rings is 8. The van der Waals surface area contributed by atoms with Crippen molar-refractivity contribution in [3.63, 3.8) is 0 Å². The number of carbonyl (C=O) groups excluding carboxylic acids is 4. The summed E-state index contributed by atoms with van der Waals surface area (Å²) in [6.07, 6.45) is 0. The van der Waals surface area contributed by atoms with Gasteiger partial charge in [0.2, 0.25) is 23.0 Å². The molecule has 8 aromatic carbocycles. The number of fused-ring (bicyclic) bond motifs is 4. The summed E-state index contributed by atoms with van der Waals surface area (Å²) in [7, 11) is 0. The van der Waals surface area contributed by atoms with Gasteiger partial charge in [0, 0.05) is 71.7 Å². The average Bonchev–Trinajstić information content (AvgIpc) is 1.55. The molecular weight excluding hydrogens is 2190 g/mol. The number of alkyl halides is 4. The van der Waals surface area contributed by atoms with Gasteiger partial charge < -0.3 is 65.8 Å². The van der Waals surface area contributed by atoms with E-state index in [1.165, 1.54) is 35.0 Å². The predicted octanol–water partition coefficient (Wildman–Crippen LogP) is 16.5. The molecule has 0 aliphatic heterocycles. The van der Waals surface area contributed by atoms with Crippen LogP contribution in [0.1, 0.15) is 108 Å². The van der Waals surface area contributed by atoms with Gasteiger partial charge in [-0.1, -0.05) is 152 Å². The topological polar surface area (TPSA) is 562 Å². The summed E-state index contributed by atoms with van der Waals surface area (Å²) in [5, 5.41) is 67.2. The number of thiocarbonyl (C=S) groups is 2. The van der Waals surface area contributed by atoms with Gasteiger partial charge in [-0.05, 0) is 251 Å². The fraction of sp³-hybridized carbons (Fsp3) is 0.242. The number of hydrogen-bond donors (Lipinski definition) is 12. The average molecular weight is 2310 g/mol. The number of hydrazone groups is 1. The summed E-state index contributed by atoms with van der Waals surface area (Å²) in [5.41, 5.74) is 48.1. The molecule has 0 atom stereocenters. The molecule has 146 heavy (non-hydrogen) atoms. The van der Waals surface area contributed by atoms with Crippen LogP contribution in [0.3, 0.4) is 0 Å². The normalized spacial score (nSPS) is 9.55. The Balaban J connectivity index is -0.000000385. The zero-order valence-electron chi connectivity index (χ0n) is 82.5. The molecule has 18 N–H and O–H groups in total. The summed E-state index contributed by atoms with van der Waals surface area (Å²) in [6, 6.07) is 57.5. The van der Waals surface area contributed by atoms with Gasteiger partial charge in [0.15, 0.2) is 26.1 Å². The van der Waals surface area contributed by atoms with Gasteiger partial charge in [-0.15, -0.1) is 74.1 Å². The van der Waals surface area contributed by atoms with E-state index in [9.17, 15) is 34.6 Å². The van der Waals surface area contributed by atoms with Crippen LogP contribution in [0.4, 0.5) is 39.8 Å². The number of anilines is 5. The van der Waals surface area contributed by atoms with Crippen LogP contribution in [0.2, 0.25) is 15.1 Å². The van der Waals surface area contributed by atoms with Gasteiger partial charge in [-0.25, -0.2) is 10.8 Å². The summed E-state index contributed by atoms with van der Waals surface area (Å²) >= 11 is 57.2. The summed E-state index contributed by atoms with van der Waals surface area (Å²) in [5.74, 6) is 6.63. The molecule has 14 aromatic rings. The molecular formula is C95H119Cl9K2N24O12S4. The van der Waals surface area contributed by atoms with Crippen molar-refractivity contribution in [2.75, 3.05) is 63.9 Å². The van der Waals surface area contributed by atoms with Crippen LogP contribution in [0.5, 0.6) is 0 Å². The Kier molecular flexibility index (Phi) is 76.3. The number of aromatic nitrogens is 10. The molecule has 0 saturated heterocycles. The van der Waals surface area contributed by atoms with E-state index >= 15 is 0 Å². The van der Waals surface area contributed by atoms with Gasteiger partial charge >= 0.3 is 103 Å². The van der Waals surface area contributed by atoms with Crippen LogP contribution in [0.15, 0.2) is 198 Å². The first-order chi connectivity index (χ1) is 66.7. The monoisotopic (exact) mass is 2310 g/mol. The molecule has 14 rings (SSSR count). The number of thioether (sulfide) groups is 1. The van der Waals surface area contributed by atoms with Crippen LogP contribution in [0.25, 0.3) is 55.0 Å². The van der Waals surface area contributed by atoms with Crippen molar-refractivity contribution in [1.82, 2.24) is 60.3 Å². The number of nitrogen functional groups attached to an aromatic ring is 3. The Morgan fingerprint density at radius 3 is 1.31 bits per heavy atom. The number of hydrazine groups is 1. The second-order valence-corrected chi connectivity index (χ2v) is 33.4. The third kappa shape index (κ3) is 52.7. The first kappa shape index (κ1) is 143. The first-order valence-electron chi connectivity index (χ1n) is 41.2. The third-order valence-electron chi connectivity index (χ3n) is 17.5. The molecule has 6 aromatic heterocycles. The minimum Gasteiger partial charge on any atom is -1.00 e. The van der Waals surface area contributed by atoms with Crippen molar-refractivity contribution < 1.29 is 154 Å². The number of pyridine rings is 4. The Labute approximate surface area is 1000 Å². The van der Waals surface area contributed by atoms with E-state index in [0.29, 0.717) is 66.7 Å². The quantitative estimate of drug-likeness (QED) is 0.00362. The number of para-hydroxylation sites is 3. The number of nitrogens with zero attached hydrogens (tertiary/aromatic N) is 12. The molecule has 2 amide bonds. The SMILES string of the molecule is C.C.CCO/C(C)=N\NC(N)=S.CCOC(C)=N.Cc1ccc([N+](=O)[O-])c(N)c1.Cc1ccc2c(C)ccc(-n3c(C)n[nH]c3=S)c2n1.Cc1ccc2c(C)ccc(-n3c(C)nnc3SCC(=O)Nc3ccccc3Cl)c2n1.Cc1ccc2c(C)ccc(N)c2n1.Cc1ccc2c(C)ccc([N+](=O)[O-])c2n1.Cl.ClCCl.NNC(N)=S.Nc1ccccc1Cl.O=C(CCl)Nc1ccccc1Cl.O=C(Cl)CCl.O=CO[O-].[H-].[HH].[K+].[K+]. The van der Waals surface area contributed by atoms with E-state index in [-0.39, 0.29) is 207 Å². The van der Waals surface area contributed by atoms with Gasteiger partial charge in [0.05, 0.1) is 106 Å². The zero-order chi connectivity index (χ0) is 106. The number of amides is 2. The van der Waals surface area contributed by atoms with E-state index < -0.39 is 15.1 Å². The molecule has 0 radical (unpaired) electrons. The molecule has 0 aliphatic rings. The largest absolute Gasteiger partial charge is 1.00 e. The Morgan fingerprint density at radius 2 is 0.945 bits per heavy atom. The molecule has 0 fully saturated rings. The maximum absolute atomic E-state index is 12.4. The van der Waals surface area contributed by atoms with Crippen LogP contribution in [0, 0.1) is 107 Å². The van der Waals surface area contributed by atoms with Crippen LogP contribution in [-0.2, 0) is 33.5 Å². The predicted molar refractivity (Wildman–Crippen MR) is 605 cm³/mol. The second-order valence-electron chi connectivity index (χ2n) is 28.2. The molecule has 51 heteroatoms. The maximum atomic E-state index is 12.4. The van der Waals surface area contributed by atoms with Crippen molar-refractivity contribution in [1.29, 1.82) is 5.41 Å². The number of nitrogens with two attached hydrogens (primary N) is 6. The molecule has 0 spiro atoms. The summed E-state index contributed by atoms with van der Waals surface area (Å²) in [6.45, 7) is 29.6. The summed E-state index contributed by atoms with van der Waals surface area (Å²) in [4.78, 5) is 82.2. The number of nitro benzene ring substituents is 2. The molecule has 6 heterocycles. The number of nitrogens with one attached hydrogen (secondary N) is 6. The van der Waals surface area contributed by atoms with Crippen LogP contribution in [-0.4, -0.2) is 141 Å². The van der Waals surface area contributed by atoms with E-state index in [1.807, 2.05) is 163 Å². The number of carbonyl (C=O) groups is 4. The molecule has 780 valence electrons. The minimum atomic E-state index is -0.508. The Bertz CT molecular complexity index is 6630. The van der Waals surface area contributed by atoms with Crippen molar-refractivity contribution >= 4 is 283 Å². The molecule has 0 bridgehead atoms. The number of rotatable bonds is 15. The number of non-ortho nitro benzene ring substituents is 1. The number of hydrogen-bond acceptors (Lipinski definition) is 29. The van der Waals surface area contributed by atoms with E-state index in [2.05, 4.69) is 148 Å². The molecule has 0 aliphatic carbocycles. The number of aromatic amines is 1. The van der Waals surface area contributed by atoms with Crippen molar-refractivity contribution in [3.8, 4) is 11.4 Å². The van der Waals surface area contributed by atoms with Gasteiger partial charge in [0.25, 0.3) is 17.8 Å². The number of ether oxygens (including phenoxy) is 2. The molecule has 36 nitrogen and oxygen atoms in total. The van der Waals surface area contributed by atoms with Crippen molar-refractivity contribution in [3.05, 3.63) is 290 Å². The van der Waals surface area contributed by atoms with Crippen molar-refractivity contribution in [2.45, 2.75) is 124 Å². The number of H-pyrrole nitrogens is 1. The number of aryl methyl sites for hydroxylation is 11. The van der Waals surface area contributed by atoms with Gasteiger partial charge in [-0.3, -0.25) is 79.4 Å². The van der Waals surface area contributed by atoms with Crippen molar-refractivity contribution in [2.24, 2.45) is 22.4 Å². The second kappa shape index (κ2) is 77.9. The Hall–Kier alpha value is -9.35. The number of halogens is 9. The zero-order valence-corrected chi connectivity index (χ0v) is 97.9. The van der Waals surface area contributed by atoms with E-state index in [4.69, 9.17) is 159 Å². The minimum absolute atomic E-state index is 0. The number of nitro groups is 2. The van der Waals surface area contributed by atoms with E-state index in [0.717, 1.165) is 106 Å². The third-order valence-corrected chi connectivity index (χ3v) is 20.7. The molecule has 0 unspecified atom stereocenters. The van der Waals surface area contributed by atoms with Gasteiger partial charge in [-0.2, -0.15) is 5.10 Å². The molecule has 0 saturated carbocycles. The fourth-order valence-corrected chi connectivity index (χ4v) is 12.9. The fourth-order valence-electron chi connectivity index (χ4n) is 11.2. The van der Waals surface area contributed by atoms with Crippen LogP contribution < -0.4 is 164 Å².